The predicted molar refractivity (Wildman–Crippen MR) is 71.8 cm³/mol. The second kappa shape index (κ2) is 7.29. The molecule has 1 N–H and O–H groups in total. The molecule has 1 aliphatic carbocycles. The summed E-state index contributed by atoms with van der Waals surface area (Å²) in [6.07, 6.45) is 7.04. The van der Waals surface area contributed by atoms with Gasteiger partial charge in [-0.25, -0.2) is 0 Å². The molecule has 1 aliphatic rings. The van der Waals surface area contributed by atoms with Crippen LogP contribution in [0.5, 0.6) is 0 Å². The Bertz CT molecular complexity index is 172. The van der Waals surface area contributed by atoms with Crippen LogP contribution in [0.3, 0.4) is 0 Å². The van der Waals surface area contributed by atoms with Crippen LogP contribution in [0.1, 0.15) is 52.9 Å². The third-order valence-corrected chi connectivity index (χ3v) is 4.20. The van der Waals surface area contributed by atoms with Gasteiger partial charge in [-0.15, -0.1) is 0 Å². The molecule has 96 valence electrons. The maximum absolute atomic E-state index is 3.71. The first kappa shape index (κ1) is 14.0. The molecule has 0 aliphatic heterocycles. The number of hydrogen-bond acceptors (Lipinski definition) is 2. The first-order chi connectivity index (χ1) is 7.63. The van der Waals surface area contributed by atoms with E-state index < -0.39 is 0 Å². The number of nitrogens with zero attached hydrogens (tertiary/aromatic N) is 1. The van der Waals surface area contributed by atoms with Gasteiger partial charge in [0.15, 0.2) is 0 Å². The van der Waals surface area contributed by atoms with Crippen molar-refractivity contribution in [3.63, 3.8) is 0 Å². The molecule has 0 spiro atoms. The van der Waals surface area contributed by atoms with Crippen molar-refractivity contribution in [1.82, 2.24) is 10.2 Å². The molecule has 0 bridgehead atoms. The third-order valence-electron chi connectivity index (χ3n) is 4.20. The molecule has 0 saturated heterocycles. The molecule has 0 amide bonds. The Labute approximate surface area is 102 Å². The van der Waals surface area contributed by atoms with Crippen LogP contribution in [-0.2, 0) is 0 Å². The van der Waals surface area contributed by atoms with E-state index in [0.717, 1.165) is 18.5 Å². The number of hydrogen-bond donors (Lipinski definition) is 1. The molecule has 0 aromatic rings. The van der Waals surface area contributed by atoms with Crippen LogP contribution in [0.4, 0.5) is 0 Å². The van der Waals surface area contributed by atoms with Crippen LogP contribution in [-0.4, -0.2) is 37.1 Å². The fourth-order valence-corrected chi connectivity index (χ4v) is 2.48. The summed E-state index contributed by atoms with van der Waals surface area (Å²) in [6, 6.07) is 1.46. The third kappa shape index (κ3) is 4.84. The standard InChI is InChI=1S/C14H30N2/c1-5-13-6-8-14(9-7-13)15-10-11-16(4)12(2)3/h12-15H,5-11H2,1-4H3. The summed E-state index contributed by atoms with van der Waals surface area (Å²) >= 11 is 0. The Hall–Kier alpha value is -0.0800. The fraction of sp³-hybridized carbons (Fsp3) is 1.00. The van der Waals surface area contributed by atoms with E-state index in [1.165, 1.54) is 38.6 Å². The Kier molecular flexibility index (Phi) is 6.37. The lowest BCUT2D eigenvalue weighted by Gasteiger charge is -2.29. The van der Waals surface area contributed by atoms with Gasteiger partial charge < -0.3 is 10.2 Å². The predicted octanol–water partition coefficient (Wildman–Crippen LogP) is 2.89. The largest absolute Gasteiger partial charge is 0.313 e. The van der Waals surface area contributed by atoms with Gasteiger partial charge in [-0.1, -0.05) is 13.3 Å². The molecule has 2 nitrogen and oxygen atoms in total. The smallest absolute Gasteiger partial charge is 0.0107 e. The summed E-state index contributed by atoms with van der Waals surface area (Å²) < 4.78 is 0. The van der Waals surface area contributed by atoms with Crippen molar-refractivity contribution in [2.45, 2.75) is 65.0 Å². The van der Waals surface area contributed by atoms with Crippen molar-refractivity contribution < 1.29 is 0 Å². The minimum Gasteiger partial charge on any atom is -0.313 e. The van der Waals surface area contributed by atoms with Gasteiger partial charge in [0, 0.05) is 25.2 Å². The van der Waals surface area contributed by atoms with E-state index in [1.54, 1.807) is 0 Å². The fourth-order valence-electron chi connectivity index (χ4n) is 2.48. The van der Waals surface area contributed by atoms with Gasteiger partial charge in [0.2, 0.25) is 0 Å². The van der Waals surface area contributed by atoms with Crippen LogP contribution in [0.15, 0.2) is 0 Å². The highest BCUT2D eigenvalue weighted by Crippen LogP contribution is 2.26. The van der Waals surface area contributed by atoms with Crippen molar-refractivity contribution in [3.05, 3.63) is 0 Å². The van der Waals surface area contributed by atoms with Gasteiger partial charge in [0.25, 0.3) is 0 Å². The molecule has 16 heavy (non-hydrogen) atoms. The second-order valence-electron chi connectivity index (χ2n) is 5.65. The molecule has 0 aromatic heterocycles. The highest BCUT2D eigenvalue weighted by Gasteiger charge is 2.19. The molecule has 0 aromatic carbocycles. The van der Waals surface area contributed by atoms with Gasteiger partial charge in [0.1, 0.15) is 0 Å². The quantitative estimate of drug-likeness (QED) is 0.749. The Morgan fingerprint density at radius 1 is 1.19 bits per heavy atom. The molecule has 2 heteroatoms. The van der Waals surface area contributed by atoms with Crippen molar-refractivity contribution in [3.8, 4) is 0 Å². The summed E-state index contributed by atoms with van der Waals surface area (Å²) in [5.74, 6) is 1.01. The molecular weight excluding hydrogens is 196 g/mol. The average molecular weight is 226 g/mol. The zero-order chi connectivity index (χ0) is 12.0. The van der Waals surface area contributed by atoms with Gasteiger partial charge >= 0.3 is 0 Å². The van der Waals surface area contributed by atoms with Crippen LogP contribution < -0.4 is 5.32 Å². The van der Waals surface area contributed by atoms with E-state index in [9.17, 15) is 0 Å². The van der Waals surface area contributed by atoms with E-state index in [2.05, 4.69) is 38.0 Å². The second-order valence-corrected chi connectivity index (χ2v) is 5.65. The normalized spacial score (nSPS) is 26.6. The van der Waals surface area contributed by atoms with E-state index in [-0.39, 0.29) is 0 Å². The van der Waals surface area contributed by atoms with Gasteiger partial charge in [-0.05, 0) is 52.5 Å². The lowest BCUT2D eigenvalue weighted by Crippen LogP contribution is -2.39. The highest BCUT2D eigenvalue weighted by atomic mass is 15.1. The van der Waals surface area contributed by atoms with E-state index in [4.69, 9.17) is 0 Å². The first-order valence-corrected chi connectivity index (χ1v) is 7.07. The molecule has 1 saturated carbocycles. The van der Waals surface area contributed by atoms with E-state index >= 15 is 0 Å². The van der Waals surface area contributed by atoms with Gasteiger partial charge in [0.05, 0.1) is 0 Å². The van der Waals surface area contributed by atoms with E-state index in [1.807, 2.05) is 0 Å². The summed E-state index contributed by atoms with van der Waals surface area (Å²) in [7, 11) is 2.21. The molecule has 0 atom stereocenters. The van der Waals surface area contributed by atoms with Gasteiger partial charge in [-0.2, -0.15) is 0 Å². The summed E-state index contributed by atoms with van der Waals surface area (Å²) in [6.45, 7) is 9.16. The number of rotatable bonds is 6. The Morgan fingerprint density at radius 2 is 1.81 bits per heavy atom. The zero-order valence-electron chi connectivity index (χ0n) is 11.6. The van der Waals surface area contributed by atoms with Crippen molar-refractivity contribution in [1.29, 1.82) is 0 Å². The van der Waals surface area contributed by atoms with Crippen molar-refractivity contribution in [2.75, 3.05) is 20.1 Å². The topological polar surface area (TPSA) is 15.3 Å². The zero-order valence-corrected chi connectivity index (χ0v) is 11.6. The summed E-state index contributed by atoms with van der Waals surface area (Å²) in [5.41, 5.74) is 0. The maximum Gasteiger partial charge on any atom is 0.0107 e. The first-order valence-electron chi connectivity index (χ1n) is 7.07. The summed E-state index contributed by atoms with van der Waals surface area (Å²) in [4.78, 5) is 2.41. The lowest BCUT2D eigenvalue weighted by atomic mass is 9.84. The monoisotopic (exact) mass is 226 g/mol. The number of nitrogens with one attached hydrogen (secondary N) is 1. The van der Waals surface area contributed by atoms with Crippen LogP contribution >= 0.6 is 0 Å². The average Bonchev–Trinajstić information content (AvgIpc) is 2.29. The molecule has 1 fully saturated rings. The summed E-state index contributed by atoms with van der Waals surface area (Å²) in [5, 5.41) is 3.71. The SMILES string of the molecule is CCC1CCC(NCCN(C)C(C)C)CC1. The van der Waals surface area contributed by atoms with Crippen LogP contribution in [0, 0.1) is 5.92 Å². The maximum atomic E-state index is 3.71. The molecule has 0 heterocycles. The lowest BCUT2D eigenvalue weighted by molar-refractivity contribution is 0.247. The Morgan fingerprint density at radius 3 is 2.31 bits per heavy atom. The van der Waals surface area contributed by atoms with Crippen LogP contribution in [0.2, 0.25) is 0 Å². The van der Waals surface area contributed by atoms with E-state index in [0.29, 0.717) is 6.04 Å². The number of likely N-dealkylation sites (N-methyl/N-ethyl adjacent to an activating group) is 1. The minimum absolute atomic E-state index is 0.664. The van der Waals surface area contributed by atoms with Crippen LogP contribution in [0.25, 0.3) is 0 Å². The molecule has 1 rings (SSSR count). The highest BCUT2D eigenvalue weighted by molar-refractivity contribution is 4.76. The van der Waals surface area contributed by atoms with Gasteiger partial charge in [-0.3, -0.25) is 0 Å². The Balaban J connectivity index is 2.06. The minimum atomic E-state index is 0.664. The molecule has 0 radical (unpaired) electrons. The van der Waals surface area contributed by atoms with Crippen molar-refractivity contribution in [2.24, 2.45) is 5.92 Å². The molecule has 0 unspecified atom stereocenters. The van der Waals surface area contributed by atoms with Crippen molar-refractivity contribution >= 4 is 0 Å². The molecular formula is C14H30N2.